The van der Waals surface area contributed by atoms with Gasteiger partial charge >= 0.3 is 0 Å². The topological polar surface area (TPSA) is 56.1 Å². The number of rotatable bonds is 8. The zero-order valence-electron chi connectivity index (χ0n) is 14.1. The zero-order chi connectivity index (χ0) is 17.5. The van der Waals surface area contributed by atoms with E-state index in [-0.39, 0.29) is 5.91 Å². The molecule has 3 rings (SSSR count). The standard InChI is InChI=1S/C19H21N3O2S/c1-2-24-16-7-5-15(6-8-16)14-19(23)20-10-12-22-11-9-17(21-22)18-4-3-13-25-18/h3-9,11,13H,2,10,12,14H2,1H3,(H,20,23). The van der Waals surface area contributed by atoms with Gasteiger partial charge in [-0.1, -0.05) is 18.2 Å². The summed E-state index contributed by atoms with van der Waals surface area (Å²) >= 11 is 1.67. The van der Waals surface area contributed by atoms with Crippen molar-refractivity contribution in [3.05, 3.63) is 59.6 Å². The highest BCUT2D eigenvalue weighted by atomic mass is 32.1. The number of aromatic nitrogens is 2. The van der Waals surface area contributed by atoms with Crippen LogP contribution in [0.4, 0.5) is 0 Å². The predicted molar refractivity (Wildman–Crippen MR) is 99.9 cm³/mol. The summed E-state index contributed by atoms with van der Waals surface area (Å²) in [7, 11) is 0. The number of thiophene rings is 1. The molecule has 0 spiro atoms. The van der Waals surface area contributed by atoms with E-state index in [0.29, 0.717) is 26.1 Å². The number of nitrogens with zero attached hydrogens (tertiary/aromatic N) is 2. The molecule has 0 unspecified atom stereocenters. The largest absolute Gasteiger partial charge is 0.494 e. The Morgan fingerprint density at radius 2 is 2.08 bits per heavy atom. The molecule has 0 bridgehead atoms. The highest BCUT2D eigenvalue weighted by molar-refractivity contribution is 7.13. The van der Waals surface area contributed by atoms with E-state index in [9.17, 15) is 4.79 Å². The van der Waals surface area contributed by atoms with Crippen LogP contribution < -0.4 is 10.1 Å². The predicted octanol–water partition coefficient (Wildman–Crippen LogP) is 3.37. The van der Waals surface area contributed by atoms with Crippen LogP contribution in [0.2, 0.25) is 0 Å². The summed E-state index contributed by atoms with van der Waals surface area (Å²) < 4.78 is 7.25. The van der Waals surface area contributed by atoms with Crippen LogP contribution in [-0.4, -0.2) is 28.8 Å². The molecule has 1 aromatic carbocycles. The second-order valence-corrected chi connectivity index (χ2v) is 6.49. The van der Waals surface area contributed by atoms with Gasteiger partial charge in [-0.25, -0.2) is 0 Å². The molecule has 130 valence electrons. The Kier molecular flexibility index (Phi) is 5.85. The van der Waals surface area contributed by atoms with E-state index in [2.05, 4.69) is 16.5 Å². The number of amides is 1. The molecule has 0 saturated heterocycles. The van der Waals surface area contributed by atoms with Gasteiger partial charge in [-0.2, -0.15) is 5.10 Å². The molecular formula is C19H21N3O2S. The van der Waals surface area contributed by atoms with Crippen molar-refractivity contribution in [3.63, 3.8) is 0 Å². The van der Waals surface area contributed by atoms with Crippen molar-refractivity contribution in [2.75, 3.05) is 13.2 Å². The van der Waals surface area contributed by atoms with E-state index >= 15 is 0 Å². The fraction of sp³-hybridized carbons (Fsp3) is 0.263. The fourth-order valence-corrected chi connectivity index (χ4v) is 3.16. The lowest BCUT2D eigenvalue weighted by Gasteiger charge is -2.07. The number of carbonyl (C=O) groups is 1. The van der Waals surface area contributed by atoms with Crippen LogP contribution in [-0.2, 0) is 17.8 Å². The third-order valence-corrected chi connectivity index (χ3v) is 4.57. The first kappa shape index (κ1) is 17.2. The number of nitrogens with one attached hydrogen (secondary N) is 1. The molecule has 0 aliphatic carbocycles. The number of benzene rings is 1. The Hall–Kier alpha value is -2.60. The van der Waals surface area contributed by atoms with Crippen LogP contribution in [0, 0.1) is 0 Å². The van der Waals surface area contributed by atoms with Crippen molar-refractivity contribution in [1.82, 2.24) is 15.1 Å². The summed E-state index contributed by atoms with van der Waals surface area (Å²) in [4.78, 5) is 13.2. The Balaban J connectivity index is 1.43. The van der Waals surface area contributed by atoms with Crippen molar-refractivity contribution < 1.29 is 9.53 Å². The summed E-state index contributed by atoms with van der Waals surface area (Å²) in [5.41, 5.74) is 1.94. The number of hydrogen-bond acceptors (Lipinski definition) is 4. The molecule has 25 heavy (non-hydrogen) atoms. The molecule has 0 radical (unpaired) electrons. The lowest BCUT2D eigenvalue weighted by molar-refractivity contribution is -0.120. The summed E-state index contributed by atoms with van der Waals surface area (Å²) in [6.07, 6.45) is 2.31. The SMILES string of the molecule is CCOc1ccc(CC(=O)NCCn2ccc(-c3cccs3)n2)cc1. The third-order valence-electron chi connectivity index (χ3n) is 3.68. The summed E-state index contributed by atoms with van der Waals surface area (Å²) in [5.74, 6) is 0.835. The number of carbonyl (C=O) groups excluding carboxylic acids is 1. The Morgan fingerprint density at radius 3 is 2.80 bits per heavy atom. The van der Waals surface area contributed by atoms with Gasteiger partial charge < -0.3 is 10.1 Å². The Morgan fingerprint density at radius 1 is 1.24 bits per heavy atom. The summed E-state index contributed by atoms with van der Waals surface area (Å²) in [6, 6.07) is 13.7. The van der Waals surface area contributed by atoms with E-state index in [1.807, 2.05) is 59.6 Å². The average molecular weight is 355 g/mol. The van der Waals surface area contributed by atoms with Crippen molar-refractivity contribution >= 4 is 17.2 Å². The van der Waals surface area contributed by atoms with Crippen LogP contribution in [0.25, 0.3) is 10.6 Å². The van der Waals surface area contributed by atoms with Crippen molar-refractivity contribution in [2.24, 2.45) is 0 Å². The third kappa shape index (κ3) is 4.93. The first-order valence-electron chi connectivity index (χ1n) is 8.30. The van der Waals surface area contributed by atoms with Gasteiger partial charge in [0.25, 0.3) is 0 Å². The van der Waals surface area contributed by atoms with E-state index in [0.717, 1.165) is 21.9 Å². The van der Waals surface area contributed by atoms with Crippen LogP contribution in [0.15, 0.2) is 54.0 Å². The lowest BCUT2D eigenvalue weighted by Crippen LogP contribution is -2.28. The van der Waals surface area contributed by atoms with Gasteiger partial charge in [-0.15, -0.1) is 11.3 Å². The molecule has 1 N–H and O–H groups in total. The van der Waals surface area contributed by atoms with Crippen LogP contribution in [0.1, 0.15) is 12.5 Å². The van der Waals surface area contributed by atoms with Gasteiger partial charge in [0.05, 0.1) is 24.4 Å². The van der Waals surface area contributed by atoms with Crippen LogP contribution in [0.5, 0.6) is 5.75 Å². The van der Waals surface area contributed by atoms with Gasteiger partial charge in [-0.3, -0.25) is 9.48 Å². The van der Waals surface area contributed by atoms with Crippen molar-refractivity contribution in [1.29, 1.82) is 0 Å². The summed E-state index contributed by atoms with van der Waals surface area (Å²) in [6.45, 7) is 3.80. The van der Waals surface area contributed by atoms with E-state index in [4.69, 9.17) is 4.74 Å². The minimum absolute atomic E-state index is 0.00907. The molecule has 2 aromatic heterocycles. The quantitative estimate of drug-likeness (QED) is 0.674. The first-order valence-corrected chi connectivity index (χ1v) is 9.18. The molecule has 5 nitrogen and oxygen atoms in total. The first-order chi connectivity index (χ1) is 12.2. The van der Waals surface area contributed by atoms with E-state index < -0.39 is 0 Å². The molecule has 2 heterocycles. The van der Waals surface area contributed by atoms with Crippen LogP contribution >= 0.6 is 11.3 Å². The van der Waals surface area contributed by atoms with Gasteiger partial charge in [0.15, 0.2) is 0 Å². The van der Waals surface area contributed by atoms with Gasteiger partial charge in [0, 0.05) is 12.7 Å². The second kappa shape index (κ2) is 8.48. The highest BCUT2D eigenvalue weighted by Crippen LogP contribution is 2.22. The summed E-state index contributed by atoms with van der Waals surface area (Å²) in [5, 5.41) is 9.49. The molecule has 1 amide bonds. The number of ether oxygens (including phenoxy) is 1. The molecule has 3 aromatic rings. The molecule has 6 heteroatoms. The molecule has 0 atom stereocenters. The Labute approximate surface area is 151 Å². The number of hydrogen-bond donors (Lipinski definition) is 1. The highest BCUT2D eigenvalue weighted by Gasteiger charge is 2.05. The minimum atomic E-state index is 0.00907. The van der Waals surface area contributed by atoms with Gasteiger partial charge in [0.2, 0.25) is 5.91 Å². The van der Waals surface area contributed by atoms with Crippen LogP contribution in [0.3, 0.4) is 0 Å². The molecule has 0 aliphatic rings. The maximum absolute atomic E-state index is 12.0. The monoisotopic (exact) mass is 355 g/mol. The molecule has 0 saturated carbocycles. The maximum Gasteiger partial charge on any atom is 0.224 e. The average Bonchev–Trinajstić information content (AvgIpc) is 3.28. The normalized spacial score (nSPS) is 10.6. The van der Waals surface area contributed by atoms with Crippen molar-refractivity contribution in [2.45, 2.75) is 19.9 Å². The van der Waals surface area contributed by atoms with E-state index in [1.54, 1.807) is 11.3 Å². The van der Waals surface area contributed by atoms with E-state index in [1.165, 1.54) is 0 Å². The van der Waals surface area contributed by atoms with Gasteiger partial charge in [-0.05, 0) is 42.1 Å². The smallest absolute Gasteiger partial charge is 0.224 e. The minimum Gasteiger partial charge on any atom is -0.494 e. The molecule has 0 aliphatic heterocycles. The maximum atomic E-state index is 12.0. The zero-order valence-corrected chi connectivity index (χ0v) is 15.0. The Bertz CT molecular complexity index is 794. The van der Waals surface area contributed by atoms with Gasteiger partial charge in [0.1, 0.15) is 11.4 Å². The lowest BCUT2D eigenvalue weighted by atomic mass is 10.1. The molecular weight excluding hydrogens is 334 g/mol. The van der Waals surface area contributed by atoms with Crippen molar-refractivity contribution in [3.8, 4) is 16.3 Å². The fourth-order valence-electron chi connectivity index (χ4n) is 2.47. The second-order valence-electron chi connectivity index (χ2n) is 5.55. The molecule has 0 fully saturated rings.